The molecule has 1 fully saturated rings. The van der Waals surface area contributed by atoms with Gasteiger partial charge in [-0.25, -0.2) is 9.78 Å². The summed E-state index contributed by atoms with van der Waals surface area (Å²) in [5, 5.41) is 18.5. The third kappa shape index (κ3) is 2.08. The smallest absolute Gasteiger partial charge is 0.326 e. The standard InChI is InChI=1S/C11H14N2O5/c1-5-9(18-6(2)12-5)10(15)13-4-7(14)3-8(13)11(16)17/h7-8,14H,3-4H2,1-2H3,(H,16,17)/t7-,8-/m0/s1. The minimum Gasteiger partial charge on any atom is -0.480 e. The molecular weight excluding hydrogens is 240 g/mol. The fourth-order valence-electron chi connectivity index (χ4n) is 2.13. The molecule has 0 saturated carbocycles. The van der Waals surface area contributed by atoms with Crippen molar-refractivity contribution in [2.75, 3.05) is 6.54 Å². The summed E-state index contributed by atoms with van der Waals surface area (Å²) in [7, 11) is 0. The second kappa shape index (κ2) is 4.41. The number of carbonyl (C=O) groups is 2. The second-order valence-electron chi connectivity index (χ2n) is 4.35. The van der Waals surface area contributed by atoms with Crippen molar-refractivity contribution in [1.82, 2.24) is 9.88 Å². The number of carboxylic acid groups (broad SMARTS) is 1. The van der Waals surface area contributed by atoms with Crippen LogP contribution in [-0.4, -0.2) is 50.7 Å². The Kier molecular flexibility index (Phi) is 3.08. The molecule has 2 rings (SSSR count). The molecule has 0 radical (unpaired) electrons. The van der Waals surface area contributed by atoms with Crippen LogP contribution in [0.3, 0.4) is 0 Å². The van der Waals surface area contributed by atoms with E-state index in [4.69, 9.17) is 9.52 Å². The molecule has 98 valence electrons. The van der Waals surface area contributed by atoms with Gasteiger partial charge in [-0.15, -0.1) is 0 Å². The minimum absolute atomic E-state index is 0.00497. The molecule has 18 heavy (non-hydrogen) atoms. The molecule has 2 heterocycles. The summed E-state index contributed by atoms with van der Waals surface area (Å²) >= 11 is 0. The number of hydrogen-bond donors (Lipinski definition) is 2. The monoisotopic (exact) mass is 254 g/mol. The van der Waals surface area contributed by atoms with Crippen molar-refractivity contribution in [1.29, 1.82) is 0 Å². The molecule has 7 nitrogen and oxygen atoms in total. The molecule has 0 aliphatic carbocycles. The molecule has 2 atom stereocenters. The van der Waals surface area contributed by atoms with E-state index in [2.05, 4.69) is 4.98 Å². The predicted octanol–water partition coefficient (Wildman–Crippen LogP) is -0.0486. The van der Waals surface area contributed by atoms with Gasteiger partial charge in [-0.1, -0.05) is 0 Å². The van der Waals surface area contributed by atoms with Crippen LogP contribution in [0.5, 0.6) is 0 Å². The van der Waals surface area contributed by atoms with Crippen molar-refractivity contribution in [3.05, 3.63) is 17.3 Å². The number of carbonyl (C=O) groups excluding carboxylic acids is 1. The number of β-amino-alcohol motifs (C(OH)–C–C–N with tert-alkyl or cyclic N) is 1. The number of oxazole rings is 1. The minimum atomic E-state index is -1.13. The van der Waals surface area contributed by atoms with Gasteiger partial charge < -0.3 is 19.5 Å². The van der Waals surface area contributed by atoms with Crippen LogP contribution in [0.15, 0.2) is 4.42 Å². The first kappa shape index (κ1) is 12.6. The zero-order valence-corrected chi connectivity index (χ0v) is 10.1. The number of aliphatic hydroxyl groups excluding tert-OH is 1. The maximum atomic E-state index is 12.2. The molecule has 7 heteroatoms. The number of likely N-dealkylation sites (tertiary alicyclic amines) is 1. The number of aliphatic hydroxyl groups is 1. The fraction of sp³-hybridized carbons (Fsp3) is 0.545. The van der Waals surface area contributed by atoms with Crippen molar-refractivity contribution in [2.24, 2.45) is 0 Å². The molecule has 1 aliphatic rings. The van der Waals surface area contributed by atoms with Gasteiger partial charge in [0.15, 0.2) is 5.89 Å². The highest BCUT2D eigenvalue weighted by Crippen LogP contribution is 2.22. The lowest BCUT2D eigenvalue weighted by Crippen LogP contribution is -2.40. The Balaban J connectivity index is 2.28. The summed E-state index contributed by atoms with van der Waals surface area (Å²) < 4.78 is 5.17. The van der Waals surface area contributed by atoms with Crippen molar-refractivity contribution >= 4 is 11.9 Å². The maximum Gasteiger partial charge on any atom is 0.326 e. The van der Waals surface area contributed by atoms with Crippen LogP contribution in [0.4, 0.5) is 0 Å². The molecule has 2 N–H and O–H groups in total. The number of hydrogen-bond acceptors (Lipinski definition) is 5. The highest BCUT2D eigenvalue weighted by atomic mass is 16.4. The van der Waals surface area contributed by atoms with Gasteiger partial charge in [-0.2, -0.15) is 0 Å². The van der Waals surface area contributed by atoms with Gasteiger partial charge in [0.05, 0.1) is 11.8 Å². The third-order valence-electron chi connectivity index (χ3n) is 2.92. The zero-order chi connectivity index (χ0) is 13.4. The number of nitrogens with zero attached hydrogens (tertiary/aromatic N) is 2. The summed E-state index contributed by atoms with van der Waals surface area (Å²) in [6, 6.07) is -1.02. The molecule has 0 unspecified atom stereocenters. The van der Waals surface area contributed by atoms with Crippen LogP contribution in [0, 0.1) is 13.8 Å². The van der Waals surface area contributed by atoms with Crippen LogP contribution in [0.2, 0.25) is 0 Å². The van der Waals surface area contributed by atoms with Crippen LogP contribution in [0.1, 0.15) is 28.6 Å². The average Bonchev–Trinajstić information content (AvgIpc) is 2.81. The Bertz CT molecular complexity index is 496. The van der Waals surface area contributed by atoms with Gasteiger partial charge in [0.1, 0.15) is 6.04 Å². The lowest BCUT2D eigenvalue weighted by Gasteiger charge is -2.19. The zero-order valence-electron chi connectivity index (χ0n) is 10.1. The number of aryl methyl sites for hydroxylation is 2. The van der Waals surface area contributed by atoms with Crippen LogP contribution >= 0.6 is 0 Å². The largest absolute Gasteiger partial charge is 0.480 e. The quantitative estimate of drug-likeness (QED) is 0.767. The Morgan fingerprint density at radius 3 is 2.61 bits per heavy atom. The normalized spacial score (nSPS) is 23.4. The maximum absolute atomic E-state index is 12.2. The van der Waals surface area contributed by atoms with Gasteiger partial charge in [-0.05, 0) is 6.92 Å². The predicted molar refractivity (Wildman–Crippen MR) is 59.1 cm³/mol. The van der Waals surface area contributed by atoms with Crippen LogP contribution < -0.4 is 0 Å². The van der Waals surface area contributed by atoms with Crippen LogP contribution in [0.25, 0.3) is 0 Å². The summed E-state index contributed by atoms with van der Waals surface area (Å²) in [4.78, 5) is 28.3. The van der Waals surface area contributed by atoms with Crippen molar-refractivity contribution in [3.63, 3.8) is 0 Å². The molecule has 0 aromatic carbocycles. The SMILES string of the molecule is Cc1nc(C)c(C(=O)N2C[C@@H](O)C[C@H]2C(=O)O)o1. The molecule has 0 spiro atoms. The van der Waals surface area contributed by atoms with E-state index in [0.29, 0.717) is 11.6 Å². The number of aliphatic carboxylic acids is 1. The van der Waals surface area contributed by atoms with E-state index >= 15 is 0 Å². The lowest BCUT2D eigenvalue weighted by atomic mass is 10.2. The van der Waals surface area contributed by atoms with Gasteiger partial charge in [0, 0.05) is 19.9 Å². The number of amides is 1. The molecule has 1 saturated heterocycles. The van der Waals surface area contributed by atoms with Crippen LogP contribution in [-0.2, 0) is 4.79 Å². The molecule has 1 amide bonds. The number of aromatic nitrogens is 1. The lowest BCUT2D eigenvalue weighted by molar-refractivity contribution is -0.141. The summed E-state index contributed by atoms with van der Waals surface area (Å²) in [6.45, 7) is 3.22. The topological polar surface area (TPSA) is 104 Å². The first-order valence-electron chi connectivity index (χ1n) is 5.56. The van der Waals surface area contributed by atoms with Crippen molar-refractivity contribution in [3.8, 4) is 0 Å². The number of carboxylic acids is 1. The van der Waals surface area contributed by atoms with E-state index in [1.54, 1.807) is 13.8 Å². The third-order valence-corrected chi connectivity index (χ3v) is 2.92. The molecule has 0 bridgehead atoms. The van der Waals surface area contributed by atoms with Crippen molar-refractivity contribution in [2.45, 2.75) is 32.4 Å². The molecule has 1 aromatic rings. The Hall–Kier alpha value is -1.89. The first-order valence-corrected chi connectivity index (χ1v) is 5.56. The number of rotatable bonds is 2. The second-order valence-corrected chi connectivity index (χ2v) is 4.35. The van der Waals surface area contributed by atoms with E-state index < -0.39 is 24.0 Å². The van der Waals surface area contributed by atoms with Gasteiger partial charge >= 0.3 is 5.97 Å². The van der Waals surface area contributed by atoms with E-state index in [-0.39, 0.29) is 18.7 Å². The Morgan fingerprint density at radius 2 is 2.11 bits per heavy atom. The Labute approximate surface area is 103 Å². The molecule has 1 aliphatic heterocycles. The highest BCUT2D eigenvalue weighted by Gasteiger charge is 2.40. The van der Waals surface area contributed by atoms with Gasteiger partial charge in [0.2, 0.25) is 5.76 Å². The molecule has 1 aromatic heterocycles. The van der Waals surface area contributed by atoms with Gasteiger partial charge in [0.25, 0.3) is 5.91 Å². The van der Waals surface area contributed by atoms with Crippen molar-refractivity contribution < 1.29 is 24.2 Å². The van der Waals surface area contributed by atoms with E-state index in [0.717, 1.165) is 4.90 Å². The fourth-order valence-corrected chi connectivity index (χ4v) is 2.13. The van der Waals surface area contributed by atoms with E-state index in [1.165, 1.54) is 0 Å². The summed E-state index contributed by atoms with van der Waals surface area (Å²) in [5.74, 6) is -1.29. The highest BCUT2D eigenvalue weighted by molar-refractivity contribution is 5.95. The van der Waals surface area contributed by atoms with E-state index in [9.17, 15) is 14.7 Å². The van der Waals surface area contributed by atoms with E-state index in [1.807, 2.05) is 0 Å². The summed E-state index contributed by atoms with van der Waals surface area (Å²) in [5.41, 5.74) is 0.419. The summed E-state index contributed by atoms with van der Waals surface area (Å²) in [6.07, 6.45) is -0.785. The molecular formula is C11H14N2O5. The average molecular weight is 254 g/mol. The van der Waals surface area contributed by atoms with Gasteiger partial charge in [-0.3, -0.25) is 4.79 Å². The Morgan fingerprint density at radius 1 is 1.44 bits per heavy atom. The first-order chi connectivity index (χ1) is 8.40.